The minimum atomic E-state index is -0.162. The average Bonchev–Trinajstić information content (AvgIpc) is 3.12. The Kier molecular flexibility index (Phi) is 4.66. The smallest absolute Gasteiger partial charge is 0.320 e. The van der Waals surface area contributed by atoms with Crippen molar-refractivity contribution in [3.63, 3.8) is 0 Å². The minimum Gasteiger partial charge on any atom is -0.335 e. The maximum atomic E-state index is 12.4. The number of amides is 2. The predicted molar refractivity (Wildman–Crippen MR) is 107 cm³/mol. The van der Waals surface area contributed by atoms with Gasteiger partial charge in [-0.3, -0.25) is 10.00 Å². The van der Waals surface area contributed by atoms with E-state index in [4.69, 9.17) is 0 Å². The summed E-state index contributed by atoms with van der Waals surface area (Å²) < 4.78 is 2.11. The first-order chi connectivity index (χ1) is 12.9. The van der Waals surface area contributed by atoms with Crippen molar-refractivity contribution < 1.29 is 4.79 Å². The van der Waals surface area contributed by atoms with Gasteiger partial charge in [0, 0.05) is 30.0 Å². The third-order valence-corrected chi connectivity index (χ3v) is 5.75. The normalized spacial score (nSPS) is 18.9. The van der Waals surface area contributed by atoms with E-state index in [1.165, 1.54) is 25.0 Å². The molecule has 3 heterocycles. The zero-order valence-electron chi connectivity index (χ0n) is 16.5. The fourth-order valence-electron chi connectivity index (χ4n) is 4.34. The average molecular weight is 367 g/mol. The zero-order valence-corrected chi connectivity index (χ0v) is 16.5. The summed E-state index contributed by atoms with van der Waals surface area (Å²) >= 11 is 0. The lowest BCUT2D eigenvalue weighted by Gasteiger charge is -2.22. The van der Waals surface area contributed by atoms with E-state index in [1.807, 2.05) is 18.5 Å². The zero-order chi connectivity index (χ0) is 19.0. The third-order valence-electron chi connectivity index (χ3n) is 5.75. The van der Waals surface area contributed by atoms with E-state index in [2.05, 4.69) is 46.2 Å². The van der Waals surface area contributed by atoms with Crippen molar-refractivity contribution in [1.82, 2.24) is 20.1 Å². The van der Waals surface area contributed by atoms with Crippen molar-refractivity contribution in [3.05, 3.63) is 29.7 Å². The molecule has 0 radical (unpaired) electrons. The second kappa shape index (κ2) is 6.98. The number of hydrogen-bond donors (Lipinski definition) is 2. The maximum absolute atomic E-state index is 12.4. The number of nitrogens with one attached hydrogen (secondary N) is 2. The molecule has 27 heavy (non-hydrogen) atoms. The van der Waals surface area contributed by atoms with Crippen LogP contribution in [0.1, 0.15) is 57.2 Å². The summed E-state index contributed by atoms with van der Waals surface area (Å²) in [4.78, 5) is 16.8. The molecule has 2 aliphatic rings. The first-order valence-corrected chi connectivity index (χ1v) is 10.0. The van der Waals surface area contributed by atoms with Gasteiger partial charge in [0.1, 0.15) is 5.82 Å². The lowest BCUT2D eigenvalue weighted by Crippen LogP contribution is -2.39. The van der Waals surface area contributed by atoms with Gasteiger partial charge in [0.25, 0.3) is 0 Å². The minimum absolute atomic E-state index is 0.162. The summed E-state index contributed by atoms with van der Waals surface area (Å²) in [5.41, 5.74) is 4.84. The molecule has 2 aromatic rings. The summed E-state index contributed by atoms with van der Waals surface area (Å²) in [5, 5.41) is 10.6. The lowest BCUT2D eigenvalue weighted by molar-refractivity contribution is 0.244. The van der Waals surface area contributed by atoms with E-state index in [1.54, 1.807) is 0 Å². The van der Waals surface area contributed by atoms with E-state index < -0.39 is 0 Å². The second-order valence-corrected chi connectivity index (χ2v) is 8.82. The lowest BCUT2D eigenvalue weighted by atomic mass is 9.89. The summed E-state index contributed by atoms with van der Waals surface area (Å²) in [6, 6.07) is 2.09. The van der Waals surface area contributed by atoms with Crippen molar-refractivity contribution in [2.45, 2.75) is 71.9 Å². The topological polar surface area (TPSA) is 71.8 Å². The molecule has 144 valence electrons. The van der Waals surface area contributed by atoms with Gasteiger partial charge in [-0.1, -0.05) is 33.1 Å². The van der Waals surface area contributed by atoms with Gasteiger partial charge in [-0.2, -0.15) is 5.10 Å². The quantitative estimate of drug-likeness (QED) is 0.850. The first-order valence-electron chi connectivity index (χ1n) is 10.0. The number of rotatable bonds is 3. The molecule has 2 N–H and O–H groups in total. The number of urea groups is 1. The van der Waals surface area contributed by atoms with Crippen molar-refractivity contribution in [3.8, 4) is 11.1 Å². The van der Waals surface area contributed by atoms with Crippen LogP contribution in [0.5, 0.6) is 0 Å². The SMILES string of the molecule is Cc1cnc(NC(=O)NC2CCCCC2)cc1-c1cnn2c1CC(C)(C)C2. The Morgan fingerprint density at radius 3 is 2.74 bits per heavy atom. The fourth-order valence-corrected chi connectivity index (χ4v) is 4.34. The Hall–Kier alpha value is -2.37. The van der Waals surface area contributed by atoms with Crippen LogP contribution in [-0.4, -0.2) is 26.8 Å². The molecule has 6 nitrogen and oxygen atoms in total. The van der Waals surface area contributed by atoms with Crippen LogP contribution in [0.3, 0.4) is 0 Å². The first kappa shape index (κ1) is 18.0. The van der Waals surface area contributed by atoms with E-state index >= 15 is 0 Å². The number of aromatic nitrogens is 3. The number of carbonyl (C=O) groups is 1. The maximum Gasteiger partial charge on any atom is 0.320 e. The molecule has 4 rings (SSSR count). The monoisotopic (exact) mass is 367 g/mol. The van der Waals surface area contributed by atoms with Gasteiger partial charge >= 0.3 is 6.03 Å². The molecule has 1 aliphatic carbocycles. The predicted octanol–water partition coefficient (Wildman–Crippen LogP) is 4.29. The standard InChI is InChI=1S/C21H29N5O/c1-14-11-22-19(25-20(27)24-15-7-5-4-6-8-15)9-16(14)17-12-23-26-13-21(2,3)10-18(17)26/h9,11-12,15H,4-8,10,13H2,1-3H3,(H2,22,24,25,27). The van der Waals surface area contributed by atoms with Crippen LogP contribution in [0.15, 0.2) is 18.5 Å². The van der Waals surface area contributed by atoms with E-state index in [9.17, 15) is 4.79 Å². The molecule has 6 heteroatoms. The summed E-state index contributed by atoms with van der Waals surface area (Å²) in [6.07, 6.45) is 10.6. The van der Waals surface area contributed by atoms with Gasteiger partial charge in [0.05, 0.1) is 6.20 Å². The molecule has 0 atom stereocenters. The largest absolute Gasteiger partial charge is 0.335 e. The number of nitrogens with zero attached hydrogens (tertiary/aromatic N) is 3. The highest BCUT2D eigenvalue weighted by molar-refractivity contribution is 5.89. The third kappa shape index (κ3) is 3.84. The number of pyridine rings is 1. The Balaban J connectivity index is 1.52. The van der Waals surface area contributed by atoms with Crippen molar-refractivity contribution in [2.75, 3.05) is 5.32 Å². The van der Waals surface area contributed by atoms with Crippen LogP contribution in [0.4, 0.5) is 10.6 Å². The Bertz CT molecular complexity index is 848. The Morgan fingerprint density at radius 1 is 1.19 bits per heavy atom. The van der Waals surface area contributed by atoms with Crippen molar-refractivity contribution >= 4 is 11.8 Å². The molecule has 1 aliphatic heterocycles. The molecule has 2 amide bonds. The van der Waals surface area contributed by atoms with E-state index in [0.717, 1.165) is 42.5 Å². The molecule has 1 fully saturated rings. The molecule has 1 saturated carbocycles. The molecule has 0 bridgehead atoms. The molecule has 2 aromatic heterocycles. The number of carbonyl (C=O) groups excluding carboxylic acids is 1. The molecule has 0 spiro atoms. The highest BCUT2D eigenvalue weighted by atomic mass is 16.2. The van der Waals surface area contributed by atoms with Gasteiger partial charge in [-0.25, -0.2) is 9.78 Å². The van der Waals surface area contributed by atoms with Crippen LogP contribution < -0.4 is 10.6 Å². The Morgan fingerprint density at radius 2 is 1.96 bits per heavy atom. The number of aryl methyl sites for hydroxylation is 1. The number of anilines is 1. The van der Waals surface area contributed by atoms with E-state index in [0.29, 0.717) is 5.82 Å². The van der Waals surface area contributed by atoms with E-state index in [-0.39, 0.29) is 17.5 Å². The second-order valence-electron chi connectivity index (χ2n) is 8.82. The van der Waals surface area contributed by atoms with Crippen LogP contribution >= 0.6 is 0 Å². The molecular weight excluding hydrogens is 338 g/mol. The highest BCUT2D eigenvalue weighted by Crippen LogP contribution is 2.38. The molecule has 0 aromatic carbocycles. The number of fused-ring (bicyclic) bond motifs is 1. The van der Waals surface area contributed by atoms with Gasteiger partial charge in [-0.15, -0.1) is 0 Å². The van der Waals surface area contributed by atoms with Crippen molar-refractivity contribution in [2.24, 2.45) is 5.41 Å². The Labute approximate surface area is 160 Å². The fraction of sp³-hybridized carbons (Fsp3) is 0.571. The molecule has 0 saturated heterocycles. The highest BCUT2D eigenvalue weighted by Gasteiger charge is 2.32. The van der Waals surface area contributed by atoms with Gasteiger partial charge < -0.3 is 5.32 Å². The van der Waals surface area contributed by atoms with Crippen LogP contribution in [0.2, 0.25) is 0 Å². The number of hydrogen-bond acceptors (Lipinski definition) is 3. The summed E-state index contributed by atoms with van der Waals surface area (Å²) in [7, 11) is 0. The van der Waals surface area contributed by atoms with Crippen molar-refractivity contribution in [1.29, 1.82) is 0 Å². The summed E-state index contributed by atoms with van der Waals surface area (Å²) in [5.74, 6) is 0.584. The van der Waals surface area contributed by atoms with Crippen LogP contribution in [0, 0.1) is 12.3 Å². The molecular formula is C21H29N5O. The van der Waals surface area contributed by atoms with Gasteiger partial charge in [0.15, 0.2) is 0 Å². The van der Waals surface area contributed by atoms with Crippen LogP contribution in [0.25, 0.3) is 11.1 Å². The van der Waals surface area contributed by atoms with Crippen LogP contribution in [-0.2, 0) is 13.0 Å². The summed E-state index contributed by atoms with van der Waals surface area (Å²) in [6.45, 7) is 7.54. The van der Waals surface area contributed by atoms with Gasteiger partial charge in [0.2, 0.25) is 0 Å². The molecule has 0 unspecified atom stereocenters. The van der Waals surface area contributed by atoms with Gasteiger partial charge in [-0.05, 0) is 48.8 Å².